The number of carbonyl (C=O) groups is 1. The van der Waals surface area contributed by atoms with Crippen LogP contribution >= 0.6 is 0 Å². The maximum Gasteiger partial charge on any atom is 0.248 e. The fraction of sp³-hybridized carbons (Fsp3) is 0.900. The summed E-state index contributed by atoms with van der Waals surface area (Å²) in [7, 11) is 1.89. The average molecular weight is 185 g/mol. The van der Waals surface area contributed by atoms with Crippen LogP contribution in [0.1, 0.15) is 32.6 Å². The van der Waals surface area contributed by atoms with Gasteiger partial charge in [-0.25, -0.2) is 0 Å². The molecule has 0 unspecified atom stereocenters. The Morgan fingerprint density at radius 1 is 1.46 bits per heavy atom. The Kier molecular flexibility index (Phi) is 4.22. The van der Waals surface area contributed by atoms with Gasteiger partial charge in [0.1, 0.15) is 6.61 Å². The van der Waals surface area contributed by atoms with Gasteiger partial charge in [-0.15, -0.1) is 0 Å². The standard InChI is InChI=1S/C10H19NO2/c1-3-13-8-10(12)11(2)9-6-4-5-7-9/h9H,3-8H2,1-2H3. The number of hydrogen-bond donors (Lipinski definition) is 0. The van der Waals surface area contributed by atoms with Crippen molar-refractivity contribution in [3.63, 3.8) is 0 Å². The van der Waals surface area contributed by atoms with Crippen LogP contribution in [0.25, 0.3) is 0 Å². The smallest absolute Gasteiger partial charge is 0.248 e. The first-order chi connectivity index (χ1) is 6.25. The van der Waals surface area contributed by atoms with Crippen molar-refractivity contribution in [3.05, 3.63) is 0 Å². The summed E-state index contributed by atoms with van der Waals surface area (Å²) in [5.74, 6) is 0.119. The zero-order chi connectivity index (χ0) is 9.68. The van der Waals surface area contributed by atoms with E-state index >= 15 is 0 Å². The second-order valence-corrected chi connectivity index (χ2v) is 3.58. The highest BCUT2D eigenvalue weighted by Crippen LogP contribution is 2.22. The molecule has 3 heteroatoms. The summed E-state index contributed by atoms with van der Waals surface area (Å²) >= 11 is 0. The fourth-order valence-electron chi connectivity index (χ4n) is 1.79. The van der Waals surface area contributed by atoms with E-state index in [1.165, 1.54) is 12.8 Å². The predicted octanol–water partition coefficient (Wildman–Crippen LogP) is 1.42. The molecule has 0 spiro atoms. The molecule has 1 fully saturated rings. The Hall–Kier alpha value is -0.570. The van der Waals surface area contributed by atoms with E-state index in [0.717, 1.165) is 12.8 Å². The highest BCUT2D eigenvalue weighted by atomic mass is 16.5. The van der Waals surface area contributed by atoms with E-state index in [2.05, 4.69) is 0 Å². The lowest BCUT2D eigenvalue weighted by molar-refractivity contribution is -0.136. The molecule has 1 saturated carbocycles. The summed E-state index contributed by atoms with van der Waals surface area (Å²) < 4.78 is 5.08. The third-order valence-electron chi connectivity index (χ3n) is 2.70. The van der Waals surface area contributed by atoms with Crippen LogP contribution in [0.3, 0.4) is 0 Å². The van der Waals surface area contributed by atoms with E-state index in [9.17, 15) is 4.79 Å². The monoisotopic (exact) mass is 185 g/mol. The molecule has 1 aliphatic rings. The van der Waals surface area contributed by atoms with E-state index in [4.69, 9.17) is 4.74 Å². The molecule has 0 N–H and O–H groups in total. The highest BCUT2D eigenvalue weighted by Gasteiger charge is 2.22. The SMILES string of the molecule is CCOCC(=O)N(C)C1CCCC1. The summed E-state index contributed by atoms with van der Waals surface area (Å²) in [6, 6.07) is 0.466. The number of amides is 1. The topological polar surface area (TPSA) is 29.5 Å². The molecule has 1 amide bonds. The molecular weight excluding hydrogens is 166 g/mol. The second-order valence-electron chi connectivity index (χ2n) is 3.58. The number of rotatable bonds is 4. The summed E-state index contributed by atoms with van der Waals surface area (Å²) in [5, 5.41) is 0. The maximum atomic E-state index is 11.5. The fourth-order valence-corrected chi connectivity index (χ4v) is 1.79. The molecule has 0 saturated heterocycles. The largest absolute Gasteiger partial charge is 0.372 e. The van der Waals surface area contributed by atoms with Crippen LogP contribution < -0.4 is 0 Å². The van der Waals surface area contributed by atoms with E-state index in [1.54, 1.807) is 0 Å². The Bertz CT molecular complexity index is 164. The molecule has 0 radical (unpaired) electrons. The molecule has 0 bridgehead atoms. The van der Waals surface area contributed by atoms with Gasteiger partial charge in [-0.1, -0.05) is 12.8 Å². The second kappa shape index (κ2) is 5.22. The van der Waals surface area contributed by atoms with Crippen LogP contribution in [0.5, 0.6) is 0 Å². The molecule has 76 valence electrons. The Morgan fingerprint density at radius 2 is 2.08 bits per heavy atom. The van der Waals surface area contributed by atoms with Crippen molar-refractivity contribution in [1.82, 2.24) is 4.90 Å². The summed E-state index contributed by atoms with van der Waals surface area (Å²) in [4.78, 5) is 13.3. The minimum absolute atomic E-state index is 0.119. The zero-order valence-corrected chi connectivity index (χ0v) is 8.58. The van der Waals surface area contributed by atoms with Crippen LogP contribution in [0.2, 0.25) is 0 Å². The summed E-state index contributed by atoms with van der Waals surface area (Å²) in [5.41, 5.74) is 0. The summed E-state index contributed by atoms with van der Waals surface area (Å²) in [6.45, 7) is 2.76. The van der Waals surface area contributed by atoms with Crippen LogP contribution in [0, 0.1) is 0 Å². The molecule has 13 heavy (non-hydrogen) atoms. The van der Waals surface area contributed by atoms with Crippen molar-refractivity contribution < 1.29 is 9.53 Å². The van der Waals surface area contributed by atoms with Crippen molar-refractivity contribution in [3.8, 4) is 0 Å². The minimum Gasteiger partial charge on any atom is -0.372 e. The first-order valence-electron chi connectivity index (χ1n) is 5.09. The van der Waals surface area contributed by atoms with Crippen molar-refractivity contribution in [1.29, 1.82) is 0 Å². The van der Waals surface area contributed by atoms with Gasteiger partial charge in [0.25, 0.3) is 0 Å². The average Bonchev–Trinajstić information content (AvgIpc) is 2.65. The lowest BCUT2D eigenvalue weighted by Gasteiger charge is -2.23. The van der Waals surface area contributed by atoms with Gasteiger partial charge in [0.15, 0.2) is 0 Å². The first-order valence-corrected chi connectivity index (χ1v) is 5.09. The normalized spacial score (nSPS) is 17.7. The number of nitrogens with zero attached hydrogens (tertiary/aromatic N) is 1. The lowest BCUT2D eigenvalue weighted by atomic mass is 10.2. The lowest BCUT2D eigenvalue weighted by Crippen LogP contribution is -2.37. The third-order valence-corrected chi connectivity index (χ3v) is 2.70. The molecule has 0 aliphatic heterocycles. The van der Waals surface area contributed by atoms with Gasteiger partial charge in [-0.3, -0.25) is 4.79 Å². The van der Waals surface area contributed by atoms with E-state index in [1.807, 2.05) is 18.9 Å². The zero-order valence-electron chi connectivity index (χ0n) is 8.58. The van der Waals surface area contributed by atoms with E-state index in [0.29, 0.717) is 12.6 Å². The third kappa shape index (κ3) is 2.99. The van der Waals surface area contributed by atoms with Crippen molar-refractivity contribution >= 4 is 5.91 Å². The van der Waals surface area contributed by atoms with Gasteiger partial charge >= 0.3 is 0 Å². The van der Waals surface area contributed by atoms with Gasteiger partial charge in [-0.05, 0) is 19.8 Å². The van der Waals surface area contributed by atoms with Gasteiger partial charge in [0.05, 0.1) is 0 Å². The van der Waals surface area contributed by atoms with Gasteiger partial charge in [-0.2, -0.15) is 0 Å². The molecule has 1 rings (SSSR count). The van der Waals surface area contributed by atoms with Crippen LogP contribution in [-0.4, -0.2) is 37.1 Å². The molecule has 0 heterocycles. The molecule has 0 aromatic rings. The van der Waals surface area contributed by atoms with Gasteiger partial charge in [0, 0.05) is 19.7 Å². The van der Waals surface area contributed by atoms with Gasteiger partial charge < -0.3 is 9.64 Å². The maximum absolute atomic E-state index is 11.5. The predicted molar refractivity (Wildman–Crippen MR) is 51.5 cm³/mol. The van der Waals surface area contributed by atoms with Crippen LogP contribution in [0.15, 0.2) is 0 Å². The molecular formula is C10H19NO2. The van der Waals surface area contributed by atoms with E-state index in [-0.39, 0.29) is 12.5 Å². The molecule has 0 aromatic carbocycles. The van der Waals surface area contributed by atoms with E-state index < -0.39 is 0 Å². The van der Waals surface area contributed by atoms with Crippen LogP contribution in [0.4, 0.5) is 0 Å². The first kappa shape index (κ1) is 10.5. The quantitative estimate of drug-likeness (QED) is 0.663. The van der Waals surface area contributed by atoms with Crippen LogP contribution in [-0.2, 0) is 9.53 Å². The van der Waals surface area contributed by atoms with Crippen molar-refractivity contribution in [2.45, 2.75) is 38.6 Å². The molecule has 3 nitrogen and oxygen atoms in total. The number of hydrogen-bond acceptors (Lipinski definition) is 2. The molecule has 0 aromatic heterocycles. The highest BCUT2D eigenvalue weighted by molar-refractivity contribution is 5.77. The Morgan fingerprint density at radius 3 is 2.62 bits per heavy atom. The Balaban J connectivity index is 2.28. The molecule has 0 atom stereocenters. The molecule has 1 aliphatic carbocycles. The number of carbonyl (C=O) groups excluding carboxylic acids is 1. The summed E-state index contributed by atoms with van der Waals surface area (Å²) in [6.07, 6.45) is 4.84. The number of likely N-dealkylation sites (N-methyl/N-ethyl adjacent to an activating group) is 1. The Labute approximate surface area is 80.1 Å². The van der Waals surface area contributed by atoms with Gasteiger partial charge in [0.2, 0.25) is 5.91 Å². The van der Waals surface area contributed by atoms with Crippen molar-refractivity contribution in [2.75, 3.05) is 20.3 Å². The van der Waals surface area contributed by atoms with Crippen molar-refractivity contribution in [2.24, 2.45) is 0 Å². The minimum atomic E-state index is 0.119. The number of ether oxygens (including phenoxy) is 1.